The van der Waals surface area contributed by atoms with Gasteiger partial charge < -0.3 is 118 Å². The first kappa shape index (κ1) is 77.0. The predicted molar refractivity (Wildman–Crippen MR) is 370 cm³/mol. The molecule has 0 aromatic heterocycles. The van der Waals surface area contributed by atoms with E-state index in [1.54, 1.807) is 56.9 Å². The maximum absolute atomic E-state index is 10.0. The molecule has 0 radical (unpaired) electrons. The van der Waals surface area contributed by atoms with Crippen LogP contribution in [0, 0.1) is 23.7 Å². The molecule has 4 atom stereocenters. The largest absolute Gasteiger partial charge is 0.504 e. The minimum absolute atomic E-state index is 0.0356. The van der Waals surface area contributed by atoms with E-state index in [0.29, 0.717) is 133 Å². The monoisotopic (exact) mass is 1390 g/mol. The molecule has 100 heavy (non-hydrogen) atoms. The highest BCUT2D eigenvalue weighted by Gasteiger charge is 2.27. The Balaban J connectivity index is 0.000000281. The molecule has 540 valence electrons. The summed E-state index contributed by atoms with van der Waals surface area (Å²) in [5, 5.41) is 118. The lowest BCUT2D eigenvalue weighted by atomic mass is 9.80. The molecule has 0 fully saturated rings. The lowest BCUT2D eigenvalue weighted by Gasteiger charge is -2.28. The van der Waals surface area contributed by atoms with Crippen molar-refractivity contribution < 1.29 is 118 Å². The molecule has 0 aliphatic rings. The molecule has 24 heteroatoms. The second-order valence-electron chi connectivity index (χ2n) is 24.0. The van der Waals surface area contributed by atoms with E-state index in [1.165, 1.54) is 48.5 Å². The summed E-state index contributed by atoms with van der Waals surface area (Å²) < 4.78 is 68.3. The highest BCUT2D eigenvalue weighted by Crippen LogP contribution is 2.42. The van der Waals surface area contributed by atoms with Crippen molar-refractivity contribution in [1.82, 2.24) is 0 Å². The molecule has 12 N–H and O–H groups in total. The fraction of sp³-hybridized carbons (Fsp3) is 0.368. The van der Waals surface area contributed by atoms with Crippen molar-refractivity contribution in [2.45, 2.75) is 77.8 Å². The van der Waals surface area contributed by atoms with Gasteiger partial charge in [-0.1, -0.05) is 24.3 Å². The van der Waals surface area contributed by atoms with Crippen molar-refractivity contribution in [3.8, 4) is 115 Å². The Bertz CT molecular complexity index is 3570. The summed E-state index contributed by atoms with van der Waals surface area (Å²) in [5.74, 6) is -0.771. The van der Waals surface area contributed by atoms with Crippen molar-refractivity contribution in [1.29, 1.82) is 0 Å². The Hall–Kier alpha value is -10.4. The number of rotatable bonds is 38. The van der Waals surface area contributed by atoms with Crippen LogP contribution >= 0.6 is 0 Å². The van der Waals surface area contributed by atoms with E-state index in [2.05, 4.69) is 0 Å². The number of aromatic hydroxyl groups is 12. The molecule has 8 aromatic carbocycles. The quantitative estimate of drug-likeness (QED) is 0.0126. The van der Waals surface area contributed by atoms with Gasteiger partial charge in [0.05, 0.1) is 96.5 Å². The second kappa shape index (κ2) is 38.1. The van der Waals surface area contributed by atoms with Crippen LogP contribution in [0.3, 0.4) is 0 Å². The zero-order valence-corrected chi connectivity index (χ0v) is 57.4. The third-order valence-electron chi connectivity index (χ3n) is 17.1. The Morgan fingerprint density at radius 2 is 0.450 bits per heavy atom. The first-order valence-electron chi connectivity index (χ1n) is 32.2. The molecule has 0 saturated carbocycles. The summed E-state index contributed by atoms with van der Waals surface area (Å²) in [6, 6.07) is 34.1. The summed E-state index contributed by atoms with van der Waals surface area (Å²) in [6.45, 7) is 1.86. The van der Waals surface area contributed by atoms with Gasteiger partial charge in [-0.15, -0.1) is 0 Å². The number of methoxy groups -OCH3 is 8. The number of benzene rings is 8. The zero-order valence-electron chi connectivity index (χ0n) is 57.4. The molecule has 0 saturated heterocycles. The van der Waals surface area contributed by atoms with Gasteiger partial charge in [-0.05, 0) is 217 Å². The number of hydrogen-bond donors (Lipinski definition) is 12. The van der Waals surface area contributed by atoms with Gasteiger partial charge in [0.1, 0.15) is 0 Å². The van der Waals surface area contributed by atoms with Crippen molar-refractivity contribution in [3.05, 3.63) is 166 Å². The molecule has 0 aliphatic heterocycles. The molecule has 0 heterocycles. The van der Waals surface area contributed by atoms with Crippen LogP contribution in [0.2, 0.25) is 0 Å². The van der Waals surface area contributed by atoms with Crippen LogP contribution in [0.5, 0.6) is 115 Å². The molecular weight excluding hydrogens is 1300 g/mol. The van der Waals surface area contributed by atoms with Gasteiger partial charge in [0.2, 0.25) is 0 Å². The summed E-state index contributed by atoms with van der Waals surface area (Å²) in [6.07, 6.45) is 5.41. The fourth-order valence-corrected chi connectivity index (χ4v) is 11.9. The number of ether oxygens (including phenoxy) is 12. The Morgan fingerprint density at radius 1 is 0.240 bits per heavy atom. The Kier molecular flexibility index (Phi) is 29.3. The summed E-state index contributed by atoms with van der Waals surface area (Å²) in [4.78, 5) is 0. The van der Waals surface area contributed by atoms with Gasteiger partial charge in [0.25, 0.3) is 0 Å². The molecule has 24 nitrogen and oxygen atoms in total. The molecule has 0 spiro atoms. The third kappa shape index (κ3) is 21.8. The van der Waals surface area contributed by atoms with Crippen molar-refractivity contribution in [2.24, 2.45) is 23.7 Å². The Morgan fingerprint density at radius 3 is 0.670 bits per heavy atom. The number of phenolic OH excluding ortho intramolecular Hbond substituents is 12. The van der Waals surface area contributed by atoms with Crippen LogP contribution in [0.4, 0.5) is 0 Å². The smallest absolute Gasteiger partial charge is 0.200 e. The molecule has 0 bridgehead atoms. The van der Waals surface area contributed by atoms with E-state index >= 15 is 0 Å². The summed E-state index contributed by atoms with van der Waals surface area (Å²) in [5.41, 5.74) is 6.13. The molecule has 8 rings (SSSR count). The standard InChI is InChI=1S/2C38H46O12/c2*1-45-33-9-7-23(18-35(33)47-3)12-27(6-5-11-49-20-25-14-29(39)37(43)30(40)15-25)28(13-24-8-10-34(46-2)36(19-24)48-4)22-50-21-26-16-31(41)38(44)32(42)17-26/h2*7-10,14-19,27-28,39-44H,5-6,11-13,20-22H2,1-4H3/t2*27-,28+/m10/s1. The topological polar surface area (TPSA) is 354 Å². The van der Waals surface area contributed by atoms with E-state index in [1.807, 2.05) is 72.8 Å². The summed E-state index contributed by atoms with van der Waals surface area (Å²) >= 11 is 0. The lowest BCUT2D eigenvalue weighted by Crippen LogP contribution is -2.25. The van der Waals surface area contributed by atoms with Gasteiger partial charge in [-0.2, -0.15) is 0 Å². The van der Waals surface area contributed by atoms with E-state index in [0.717, 1.165) is 35.1 Å². The molecule has 0 aliphatic carbocycles. The average Bonchev–Trinajstić information content (AvgIpc) is 0.969. The average molecular weight is 1390 g/mol. The first-order chi connectivity index (χ1) is 48.1. The van der Waals surface area contributed by atoms with E-state index in [9.17, 15) is 61.3 Å². The van der Waals surface area contributed by atoms with Crippen molar-refractivity contribution >= 4 is 0 Å². The van der Waals surface area contributed by atoms with Crippen LogP contribution in [0.1, 0.15) is 70.2 Å². The van der Waals surface area contributed by atoms with Crippen LogP contribution in [0.25, 0.3) is 0 Å². The molecule has 8 aromatic rings. The predicted octanol–water partition coefficient (Wildman–Crippen LogP) is 12.4. The van der Waals surface area contributed by atoms with Gasteiger partial charge >= 0.3 is 0 Å². The SMILES string of the molecule is COc1ccc(C[C@@H](CCCOCc2cc(O)c(O)c(O)c2)[C@H](COCc2cc(O)c(O)c(O)c2)Cc2ccc(OC)c(OC)c2)cc1OC.COc1ccc(C[C@H](CCCOCc2cc(O)c(O)c(O)c2)[C@@H](COCc2cc(O)c(O)c(O)c2)Cc2ccc(OC)c(OC)c2)cc1OC. The first-order valence-corrected chi connectivity index (χ1v) is 32.2. The minimum atomic E-state index is -0.587. The third-order valence-corrected chi connectivity index (χ3v) is 17.1. The van der Waals surface area contributed by atoms with E-state index < -0.39 is 69.0 Å². The fourth-order valence-electron chi connectivity index (χ4n) is 11.9. The highest BCUT2D eigenvalue weighted by molar-refractivity contribution is 5.54. The normalized spacial score (nSPS) is 12.3. The van der Waals surface area contributed by atoms with Crippen LogP contribution in [0.15, 0.2) is 121 Å². The van der Waals surface area contributed by atoms with Gasteiger partial charge in [0.15, 0.2) is 115 Å². The molecule has 0 amide bonds. The maximum atomic E-state index is 10.0. The van der Waals surface area contributed by atoms with Crippen molar-refractivity contribution in [2.75, 3.05) is 83.3 Å². The van der Waals surface area contributed by atoms with Gasteiger partial charge in [-0.25, -0.2) is 0 Å². The van der Waals surface area contributed by atoms with Crippen LogP contribution in [-0.2, 0) is 71.1 Å². The summed E-state index contributed by atoms with van der Waals surface area (Å²) in [7, 11) is 12.7. The molecule has 0 unspecified atom stereocenters. The second-order valence-corrected chi connectivity index (χ2v) is 24.0. The lowest BCUT2D eigenvalue weighted by molar-refractivity contribution is 0.0578. The highest BCUT2D eigenvalue weighted by atomic mass is 16.5. The van der Waals surface area contributed by atoms with E-state index in [-0.39, 0.29) is 50.1 Å². The number of hydrogen-bond acceptors (Lipinski definition) is 24. The van der Waals surface area contributed by atoms with E-state index in [4.69, 9.17) is 56.8 Å². The van der Waals surface area contributed by atoms with Crippen LogP contribution < -0.4 is 37.9 Å². The minimum Gasteiger partial charge on any atom is -0.504 e. The Labute approximate surface area is 581 Å². The number of phenols is 12. The van der Waals surface area contributed by atoms with Crippen LogP contribution in [-0.4, -0.2) is 145 Å². The van der Waals surface area contributed by atoms with Gasteiger partial charge in [-0.3, -0.25) is 0 Å². The molecular formula is C76H92O24. The van der Waals surface area contributed by atoms with Crippen molar-refractivity contribution in [3.63, 3.8) is 0 Å². The zero-order chi connectivity index (χ0) is 72.4. The maximum Gasteiger partial charge on any atom is 0.200 e. The van der Waals surface area contributed by atoms with Gasteiger partial charge in [0, 0.05) is 13.2 Å².